The van der Waals surface area contributed by atoms with Crippen LogP contribution in [-0.4, -0.2) is 43.7 Å². The number of rotatable bonds is 5. The fourth-order valence-corrected chi connectivity index (χ4v) is 2.68. The number of benzene rings is 1. The van der Waals surface area contributed by atoms with Gasteiger partial charge in [0.05, 0.1) is 12.0 Å². The molecule has 110 valence electrons. The molecule has 4 nitrogen and oxygen atoms in total. The van der Waals surface area contributed by atoms with Gasteiger partial charge in [-0.1, -0.05) is 30.3 Å². The van der Waals surface area contributed by atoms with Crippen LogP contribution in [0.3, 0.4) is 0 Å². The molecule has 1 heterocycles. The largest absolute Gasteiger partial charge is 0.376 e. The summed E-state index contributed by atoms with van der Waals surface area (Å²) in [5.41, 5.74) is 6.78. The van der Waals surface area contributed by atoms with Gasteiger partial charge in [0.15, 0.2) is 0 Å². The Balaban J connectivity index is 1.97. The van der Waals surface area contributed by atoms with Gasteiger partial charge < -0.3 is 15.4 Å². The molecule has 0 spiro atoms. The van der Waals surface area contributed by atoms with Crippen molar-refractivity contribution in [1.29, 1.82) is 0 Å². The second-order valence-electron chi connectivity index (χ2n) is 5.41. The molecule has 1 aromatic carbocycles. The van der Waals surface area contributed by atoms with E-state index in [0.29, 0.717) is 13.1 Å². The number of ether oxygens (including phenoxy) is 1. The van der Waals surface area contributed by atoms with E-state index in [-0.39, 0.29) is 17.9 Å². The monoisotopic (exact) mass is 276 g/mol. The average Bonchev–Trinajstić information content (AvgIpc) is 2.50. The van der Waals surface area contributed by atoms with Gasteiger partial charge in [0.1, 0.15) is 0 Å². The fourth-order valence-electron chi connectivity index (χ4n) is 2.68. The quantitative estimate of drug-likeness (QED) is 0.891. The third kappa shape index (κ3) is 3.81. The van der Waals surface area contributed by atoms with E-state index in [1.54, 1.807) is 4.90 Å². The molecule has 2 rings (SSSR count). The summed E-state index contributed by atoms with van der Waals surface area (Å²) in [5.74, 6) is -0.183. The molecule has 1 fully saturated rings. The van der Waals surface area contributed by atoms with Crippen LogP contribution >= 0.6 is 0 Å². The van der Waals surface area contributed by atoms with Gasteiger partial charge in [-0.05, 0) is 24.8 Å². The van der Waals surface area contributed by atoms with Crippen molar-refractivity contribution < 1.29 is 9.53 Å². The van der Waals surface area contributed by atoms with Crippen molar-refractivity contribution in [3.05, 3.63) is 35.9 Å². The van der Waals surface area contributed by atoms with Gasteiger partial charge in [0.25, 0.3) is 0 Å². The van der Waals surface area contributed by atoms with Crippen molar-refractivity contribution >= 4 is 5.91 Å². The smallest absolute Gasteiger partial charge is 0.231 e. The van der Waals surface area contributed by atoms with Crippen LogP contribution in [0, 0.1) is 0 Å². The Labute approximate surface area is 120 Å². The summed E-state index contributed by atoms with van der Waals surface area (Å²) >= 11 is 0. The number of carbonyl (C=O) groups is 1. The first-order valence-corrected chi connectivity index (χ1v) is 7.34. The predicted molar refractivity (Wildman–Crippen MR) is 79.5 cm³/mol. The molecule has 1 amide bonds. The number of hydrogen-bond donors (Lipinski definition) is 1. The van der Waals surface area contributed by atoms with Gasteiger partial charge in [-0.3, -0.25) is 4.79 Å². The maximum Gasteiger partial charge on any atom is 0.231 e. The van der Waals surface area contributed by atoms with Gasteiger partial charge in [0, 0.05) is 26.7 Å². The van der Waals surface area contributed by atoms with Crippen molar-refractivity contribution in [2.75, 3.05) is 26.7 Å². The molecule has 1 aliphatic rings. The number of nitrogens with two attached hydrogens (primary N) is 1. The first-order chi connectivity index (χ1) is 9.72. The Morgan fingerprint density at radius 1 is 1.40 bits per heavy atom. The highest BCUT2D eigenvalue weighted by Crippen LogP contribution is 2.19. The molecule has 1 saturated heterocycles. The summed E-state index contributed by atoms with van der Waals surface area (Å²) in [6.07, 6.45) is 3.53. The standard InChI is InChI=1S/C16H24N2O2/c1-18(12-14-9-5-6-10-20-14)16(19)15(11-17)13-7-3-2-4-8-13/h2-4,7-8,14-15H,5-6,9-12,17H2,1H3. The van der Waals surface area contributed by atoms with Gasteiger partial charge in [-0.2, -0.15) is 0 Å². The normalized spacial score (nSPS) is 20.4. The minimum atomic E-state index is -0.259. The number of likely N-dealkylation sites (N-methyl/N-ethyl adjacent to an activating group) is 1. The van der Waals surface area contributed by atoms with Crippen molar-refractivity contribution in [1.82, 2.24) is 4.90 Å². The van der Waals surface area contributed by atoms with Crippen molar-refractivity contribution in [2.45, 2.75) is 31.3 Å². The van der Waals surface area contributed by atoms with Crippen molar-refractivity contribution in [3.8, 4) is 0 Å². The van der Waals surface area contributed by atoms with Crippen LogP contribution in [0.4, 0.5) is 0 Å². The Kier molecular flexibility index (Phi) is 5.56. The predicted octanol–water partition coefficient (Wildman–Crippen LogP) is 1.76. The maximum atomic E-state index is 12.5. The van der Waals surface area contributed by atoms with E-state index in [2.05, 4.69) is 0 Å². The van der Waals surface area contributed by atoms with Gasteiger partial charge in [-0.25, -0.2) is 0 Å². The molecular weight excluding hydrogens is 252 g/mol. The van der Waals surface area contributed by atoms with Crippen LogP contribution in [0.5, 0.6) is 0 Å². The first kappa shape index (κ1) is 15.0. The minimum Gasteiger partial charge on any atom is -0.376 e. The van der Waals surface area contributed by atoms with Crippen molar-refractivity contribution in [2.24, 2.45) is 5.73 Å². The van der Waals surface area contributed by atoms with Crippen LogP contribution in [0.25, 0.3) is 0 Å². The topological polar surface area (TPSA) is 55.6 Å². The number of carbonyl (C=O) groups excluding carboxylic acids is 1. The average molecular weight is 276 g/mol. The second-order valence-corrected chi connectivity index (χ2v) is 5.41. The van der Waals surface area contributed by atoms with E-state index in [9.17, 15) is 4.79 Å². The molecule has 0 bridgehead atoms. The molecule has 0 aromatic heterocycles. The molecule has 0 radical (unpaired) electrons. The summed E-state index contributed by atoms with van der Waals surface area (Å²) in [5, 5.41) is 0. The SMILES string of the molecule is CN(CC1CCCCO1)C(=O)C(CN)c1ccccc1. The van der Waals surface area contributed by atoms with E-state index < -0.39 is 0 Å². The lowest BCUT2D eigenvalue weighted by Crippen LogP contribution is -2.41. The molecule has 20 heavy (non-hydrogen) atoms. The fraction of sp³-hybridized carbons (Fsp3) is 0.562. The van der Waals surface area contributed by atoms with Gasteiger partial charge in [-0.15, -0.1) is 0 Å². The van der Waals surface area contributed by atoms with Crippen LogP contribution in [0.1, 0.15) is 30.7 Å². The molecular formula is C16H24N2O2. The van der Waals surface area contributed by atoms with E-state index in [1.807, 2.05) is 37.4 Å². The zero-order valence-corrected chi connectivity index (χ0v) is 12.1. The van der Waals surface area contributed by atoms with E-state index in [0.717, 1.165) is 25.0 Å². The zero-order chi connectivity index (χ0) is 14.4. The number of hydrogen-bond acceptors (Lipinski definition) is 3. The Bertz CT molecular complexity index is 416. The molecule has 0 aliphatic carbocycles. The van der Waals surface area contributed by atoms with Gasteiger partial charge >= 0.3 is 0 Å². The van der Waals surface area contributed by atoms with Crippen LogP contribution in [-0.2, 0) is 9.53 Å². The van der Waals surface area contributed by atoms with Crippen LogP contribution in [0.15, 0.2) is 30.3 Å². The van der Waals surface area contributed by atoms with E-state index >= 15 is 0 Å². The minimum absolute atomic E-state index is 0.0767. The molecule has 1 aliphatic heterocycles. The second kappa shape index (κ2) is 7.41. The molecule has 2 atom stereocenters. The summed E-state index contributed by atoms with van der Waals surface area (Å²) in [6.45, 7) is 1.80. The highest BCUT2D eigenvalue weighted by Gasteiger charge is 2.25. The third-order valence-corrected chi connectivity index (χ3v) is 3.86. The lowest BCUT2D eigenvalue weighted by atomic mass is 9.97. The zero-order valence-electron chi connectivity index (χ0n) is 12.1. The molecule has 4 heteroatoms. The highest BCUT2D eigenvalue weighted by atomic mass is 16.5. The van der Waals surface area contributed by atoms with Crippen LogP contribution in [0.2, 0.25) is 0 Å². The Morgan fingerprint density at radius 3 is 2.75 bits per heavy atom. The summed E-state index contributed by atoms with van der Waals surface area (Å²) in [4.78, 5) is 14.3. The lowest BCUT2D eigenvalue weighted by molar-refractivity contribution is -0.133. The van der Waals surface area contributed by atoms with E-state index in [1.165, 1.54) is 6.42 Å². The van der Waals surface area contributed by atoms with Crippen LogP contribution < -0.4 is 5.73 Å². The number of nitrogens with zero attached hydrogens (tertiary/aromatic N) is 1. The highest BCUT2D eigenvalue weighted by molar-refractivity contribution is 5.83. The Hall–Kier alpha value is -1.39. The lowest BCUT2D eigenvalue weighted by Gasteiger charge is -2.29. The first-order valence-electron chi connectivity index (χ1n) is 7.34. The molecule has 0 saturated carbocycles. The summed E-state index contributed by atoms with van der Waals surface area (Å²) in [7, 11) is 1.84. The third-order valence-electron chi connectivity index (χ3n) is 3.86. The number of amides is 1. The van der Waals surface area contributed by atoms with E-state index in [4.69, 9.17) is 10.5 Å². The Morgan fingerprint density at radius 2 is 2.15 bits per heavy atom. The molecule has 1 aromatic rings. The summed E-state index contributed by atoms with van der Waals surface area (Å²) in [6, 6.07) is 9.74. The van der Waals surface area contributed by atoms with Gasteiger partial charge in [0.2, 0.25) is 5.91 Å². The summed E-state index contributed by atoms with van der Waals surface area (Å²) < 4.78 is 5.69. The maximum absolute atomic E-state index is 12.5. The molecule has 2 N–H and O–H groups in total. The molecule has 2 unspecified atom stereocenters. The van der Waals surface area contributed by atoms with Crippen molar-refractivity contribution in [3.63, 3.8) is 0 Å².